The summed E-state index contributed by atoms with van der Waals surface area (Å²) in [6.45, 7) is 6.04. The number of thioether (sulfide) groups is 1. The van der Waals surface area contributed by atoms with Crippen LogP contribution in [0.15, 0.2) is 47.4 Å². The van der Waals surface area contributed by atoms with E-state index >= 15 is 0 Å². The van der Waals surface area contributed by atoms with E-state index in [4.69, 9.17) is 4.74 Å². The lowest BCUT2D eigenvalue weighted by atomic mass is 10.1. The highest BCUT2D eigenvalue weighted by Gasteiger charge is 2.18. The Bertz CT molecular complexity index is 685. The molecule has 0 saturated carbocycles. The first-order valence-corrected chi connectivity index (χ1v) is 8.94. The van der Waals surface area contributed by atoms with Crippen LogP contribution in [0, 0.1) is 13.8 Å². The molecule has 0 aliphatic rings. The van der Waals surface area contributed by atoms with Gasteiger partial charge >= 0.3 is 0 Å². The summed E-state index contributed by atoms with van der Waals surface area (Å²) >= 11 is 1.65. The molecule has 0 bridgehead atoms. The van der Waals surface area contributed by atoms with Gasteiger partial charge in [-0.1, -0.05) is 19.1 Å². The molecule has 0 heterocycles. The van der Waals surface area contributed by atoms with Gasteiger partial charge in [0, 0.05) is 10.6 Å². The van der Waals surface area contributed by atoms with Crippen LogP contribution < -0.4 is 10.1 Å². The van der Waals surface area contributed by atoms with Gasteiger partial charge in [-0.05, 0) is 68.0 Å². The summed E-state index contributed by atoms with van der Waals surface area (Å²) in [5.74, 6) is 0.608. The maximum absolute atomic E-state index is 12.5. The maximum atomic E-state index is 12.5. The summed E-state index contributed by atoms with van der Waals surface area (Å²) in [5, 5.41) is 2.94. The molecule has 23 heavy (non-hydrogen) atoms. The average molecular weight is 329 g/mol. The van der Waals surface area contributed by atoms with E-state index in [0.717, 1.165) is 21.9 Å². The van der Waals surface area contributed by atoms with Crippen molar-refractivity contribution >= 4 is 23.4 Å². The highest BCUT2D eigenvalue weighted by molar-refractivity contribution is 7.98. The minimum absolute atomic E-state index is 0.121. The smallest absolute Gasteiger partial charge is 0.265 e. The van der Waals surface area contributed by atoms with Gasteiger partial charge in [-0.2, -0.15) is 0 Å². The van der Waals surface area contributed by atoms with Crippen molar-refractivity contribution in [3.8, 4) is 5.75 Å². The molecule has 1 N–H and O–H groups in total. The van der Waals surface area contributed by atoms with Crippen LogP contribution >= 0.6 is 11.8 Å². The number of benzene rings is 2. The van der Waals surface area contributed by atoms with Gasteiger partial charge in [-0.25, -0.2) is 0 Å². The molecule has 2 rings (SSSR count). The summed E-state index contributed by atoms with van der Waals surface area (Å²) in [7, 11) is 0. The highest BCUT2D eigenvalue weighted by atomic mass is 32.2. The standard InChI is InChI=1S/C19H23NO2S/c1-5-18(22-16-10-9-13(2)14(3)11-16)19(21)20-15-7-6-8-17(12-15)23-4/h6-12,18H,5H2,1-4H3,(H,20,21)/t18-/m1/s1. The first-order chi connectivity index (χ1) is 11.0. The summed E-state index contributed by atoms with van der Waals surface area (Å²) in [5.41, 5.74) is 3.16. The molecule has 122 valence electrons. The third kappa shape index (κ3) is 4.76. The molecular weight excluding hydrogens is 306 g/mol. The third-order valence-electron chi connectivity index (χ3n) is 3.76. The third-order valence-corrected chi connectivity index (χ3v) is 4.48. The van der Waals surface area contributed by atoms with E-state index in [2.05, 4.69) is 12.2 Å². The van der Waals surface area contributed by atoms with Gasteiger partial charge in [-0.15, -0.1) is 11.8 Å². The Kier molecular flexibility index (Phi) is 6.11. The molecule has 0 aliphatic carbocycles. The van der Waals surface area contributed by atoms with Crippen LogP contribution in [-0.2, 0) is 4.79 Å². The summed E-state index contributed by atoms with van der Waals surface area (Å²) < 4.78 is 5.87. The molecule has 1 atom stereocenters. The van der Waals surface area contributed by atoms with Crippen molar-refractivity contribution in [2.24, 2.45) is 0 Å². The number of hydrogen-bond acceptors (Lipinski definition) is 3. The van der Waals surface area contributed by atoms with E-state index in [0.29, 0.717) is 6.42 Å². The lowest BCUT2D eigenvalue weighted by Gasteiger charge is -2.18. The Balaban J connectivity index is 2.07. The first kappa shape index (κ1) is 17.4. The molecule has 2 aromatic carbocycles. The lowest BCUT2D eigenvalue weighted by Crippen LogP contribution is -2.32. The monoisotopic (exact) mass is 329 g/mol. The van der Waals surface area contributed by atoms with Crippen LogP contribution in [0.3, 0.4) is 0 Å². The van der Waals surface area contributed by atoms with Crippen LogP contribution in [0.1, 0.15) is 24.5 Å². The minimum Gasteiger partial charge on any atom is -0.481 e. The number of anilines is 1. The normalized spacial score (nSPS) is 11.8. The fourth-order valence-corrected chi connectivity index (χ4v) is 2.66. The zero-order valence-electron chi connectivity index (χ0n) is 14.1. The van der Waals surface area contributed by atoms with Gasteiger partial charge in [0.15, 0.2) is 6.10 Å². The molecule has 0 radical (unpaired) electrons. The van der Waals surface area contributed by atoms with Gasteiger partial charge < -0.3 is 10.1 Å². The number of rotatable bonds is 6. The molecule has 0 fully saturated rings. The van der Waals surface area contributed by atoms with Gasteiger partial charge in [0.25, 0.3) is 5.91 Å². The van der Waals surface area contributed by atoms with Gasteiger partial charge in [-0.3, -0.25) is 4.79 Å². The molecule has 2 aromatic rings. The Morgan fingerprint density at radius 1 is 1.17 bits per heavy atom. The van der Waals surface area contributed by atoms with E-state index < -0.39 is 6.10 Å². The lowest BCUT2D eigenvalue weighted by molar-refractivity contribution is -0.122. The molecule has 1 amide bonds. The topological polar surface area (TPSA) is 38.3 Å². The Morgan fingerprint density at radius 3 is 2.61 bits per heavy atom. The van der Waals surface area contributed by atoms with E-state index in [1.165, 1.54) is 5.56 Å². The van der Waals surface area contributed by atoms with Crippen molar-refractivity contribution in [1.29, 1.82) is 0 Å². The number of carbonyl (C=O) groups is 1. The van der Waals surface area contributed by atoms with Crippen molar-refractivity contribution in [2.75, 3.05) is 11.6 Å². The van der Waals surface area contributed by atoms with Gasteiger partial charge in [0.2, 0.25) is 0 Å². The minimum atomic E-state index is -0.505. The van der Waals surface area contributed by atoms with Crippen LogP contribution in [0.2, 0.25) is 0 Å². The Labute approximate surface area is 142 Å². The summed E-state index contributed by atoms with van der Waals surface area (Å²) in [6, 6.07) is 13.7. The second kappa shape index (κ2) is 8.06. The second-order valence-electron chi connectivity index (χ2n) is 5.48. The fraction of sp³-hybridized carbons (Fsp3) is 0.316. The van der Waals surface area contributed by atoms with E-state index in [9.17, 15) is 4.79 Å². The van der Waals surface area contributed by atoms with Crippen molar-refractivity contribution in [1.82, 2.24) is 0 Å². The summed E-state index contributed by atoms with van der Waals surface area (Å²) in [6.07, 6.45) is 2.12. The van der Waals surface area contributed by atoms with Gasteiger partial charge in [0.1, 0.15) is 5.75 Å². The zero-order valence-corrected chi connectivity index (χ0v) is 14.9. The molecule has 0 aliphatic heterocycles. The number of hydrogen-bond donors (Lipinski definition) is 1. The van der Waals surface area contributed by atoms with Crippen molar-refractivity contribution in [3.05, 3.63) is 53.6 Å². The predicted molar refractivity (Wildman–Crippen MR) is 97.5 cm³/mol. The van der Waals surface area contributed by atoms with Crippen molar-refractivity contribution < 1.29 is 9.53 Å². The number of carbonyl (C=O) groups excluding carboxylic acids is 1. The number of aryl methyl sites for hydroxylation is 2. The van der Waals surface area contributed by atoms with Crippen LogP contribution in [0.4, 0.5) is 5.69 Å². The van der Waals surface area contributed by atoms with Gasteiger partial charge in [0.05, 0.1) is 0 Å². The maximum Gasteiger partial charge on any atom is 0.265 e. The van der Waals surface area contributed by atoms with Crippen LogP contribution in [0.25, 0.3) is 0 Å². The second-order valence-corrected chi connectivity index (χ2v) is 6.36. The average Bonchev–Trinajstić information content (AvgIpc) is 2.55. The van der Waals surface area contributed by atoms with Crippen molar-refractivity contribution in [3.63, 3.8) is 0 Å². The molecule has 0 aromatic heterocycles. The van der Waals surface area contributed by atoms with E-state index in [1.807, 2.05) is 62.6 Å². The fourth-order valence-electron chi connectivity index (χ4n) is 2.20. The largest absolute Gasteiger partial charge is 0.481 e. The molecule has 0 spiro atoms. The number of ether oxygens (including phenoxy) is 1. The van der Waals surface area contributed by atoms with E-state index in [1.54, 1.807) is 11.8 Å². The molecular formula is C19H23NO2S. The number of nitrogens with one attached hydrogen (secondary N) is 1. The Morgan fingerprint density at radius 2 is 1.96 bits per heavy atom. The first-order valence-electron chi connectivity index (χ1n) is 7.72. The van der Waals surface area contributed by atoms with Crippen LogP contribution in [-0.4, -0.2) is 18.3 Å². The SMILES string of the molecule is CC[C@@H](Oc1ccc(C)c(C)c1)C(=O)Nc1cccc(SC)c1. The molecule has 0 unspecified atom stereocenters. The molecule has 3 nitrogen and oxygen atoms in total. The Hall–Kier alpha value is -1.94. The molecule has 0 saturated heterocycles. The predicted octanol–water partition coefficient (Wildman–Crippen LogP) is 4.82. The molecule has 4 heteroatoms. The van der Waals surface area contributed by atoms with E-state index in [-0.39, 0.29) is 5.91 Å². The summed E-state index contributed by atoms with van der Waals surface area (Å²) in [4.78, 5) is 13.6. The van der Waals surface area contributed by atoms with Crippen molar-refractivity contribution in [2.45, 2.75) is 38.2 Å². The number of amides is 1. The quantitative estimate of drug-likeness (QED) is 0.772. The highest BCUT2D eigenvalue weighted by Crippen LogP contribution is 2.21. The zero-order chi connectivity index (χ0) is 16.8. The van der Waals surface area contributed by atoms with Crippen LogP contribution in [0.5, 0.6) is 5.75 Å².